The first-order valence-electron chi connectivity index (χ1n) is 5.72. The van der Waals surface area contributed by atoms with Crippen LogP contribution in [0.2, 0.25) is 0 Å². The summed E-state index contributed by atoms with van der Waals surface area (Å²) in [4.78, 5) is 19.6. The molecule has 0 spiro atoms. The van der Waals surface area contributed by atoms with Gasteiger partial charge in [-0.3, -0.25) is 15.2 Å². The summed E-state index contributed by atoms with van der Waals surface area (Å²) in [7, 11) is 0. The Morgan fingerprint density at radius 1 is 1.37 bits per heavy atom. The van der Waals surface area contributed by atoms with Crippen molar-refractivity contribution in [2.45, 2.75) is 13.5 Å². The second-order valence-electron chi connectivity index (χ2n) is 3.86. The molecule has 2 aromatic rings. The molecule has 0 aromatic carbocycles. The van der Waals surface area contributed by atoms with Crippen LogP contribution in [-0.4, -0.2) is 15.9 Å². The molecule has 98 valence electrons. The molecule has 0 unspecified atom stereocenters. The minimum atomic E-state index is -0.431. The highest BCUT2D eigenvalue weighted by Gasteiger charge is 2.06. The van der Waals surface area contributed by atoms with E-state index >= 15 is 0 Å². The molecular formula is C13H14N4O2. The number of carbonyl (C=O) groups is 1. The Morgan fingerprint density at radius 3 is 2.95 bits per heavy atom. The molecule has 1 amide bonds. The van der Waals surface area contributed by atoms with Crippen molar-refractivity contribution in [2.75, 3.05) is 0 Å². The van der Waals surface area contributed by atoms with Gasteiger partial charge < -0.3 is 4.74 Å². The number of hydrazine groups is 1. The van der Waals surface area contributed by atoms with E-state index in [0.29, 0.717) is 11.4 Å². The summed E-state index contributed by atoms with van der Waals surface area (Å²) in [6.45, 7) is 2.12. The molecule has 2 aromatic heterocycles. The number of amides is 1. The number of rotatable bonds is 4. The summed E-state index contributed by atoms with van der Waals surface area (Å²) in [5.41, 5.74) is 3.74. The number of hydrogen-bond donors (Lipinski definition) is 2. The van der Waals surface area contributed by atoms with Gasteiger partial charge in [0.1, 0.15) is 18.1 Å². The van der Waals surface area contributed by atoms with Crippen LogP contribution in [0.5, 0.6) is 5.75 Å². The lowest BCUT2D eigenvalue weighted by Crippen LogP contribution is -2.30. The van der Waals surface area contributed by atoms with Gasteiger partial charge in [0.05, 0.1) is 11.4 Å². The number of pyridine rings is 2. The second-order valence-corrected chi connectivity index (χ2v) is 3.86. The molecule has 0 aliphatic heterocycles. The van der Waals surface area contributed by atoms with E-state index in [1.54, 1.807) is 30.5 Å². The normalized spacial score (nSPS) is 10.0. The maximum absolute atomic E-state index is 11.3. The van der Waals surface area contributed by atoms with Crippen LogP contribution >= 0.6 is 0 Å². The molecule has 0 radical (unpaired) electrons. The fourth-order valence-corrected chi connectivity index (χ4v) is 1.53. The molecular weight excluding hydrogens is 244 g/mol. The average Bonchev–Trinajstić information content (AvgIpc) is 2.46. The fourth-order valence-electron chi connectivity index (χ4n) is 1.53. The van der Waals surface area contributed by atoms with Crippen LogP contribution < -0.4 is 16.0 Å². The highest BCUT2D eigenvalue weighted by Crippen LogP contribution is 2.15. The predicted molar refractivity (Wildman–Crippen MR) is 69.2 cm³/mol. The average molecular weight is 258 g/mol. The van der Waals surface area contributed by atoms with E-state index < -0.39 is 5.91 Å². The first-order chi connectivity index (χ1) is 9.20. The lowest BCUT2D eigenvalue weighted by Gasteiger charge is -2.08. The summed E-state index contributed by atoms with van der Waals surface area (Å²) in [5.74, 6) is 5.32. The Hall–Kier alpha value is -2.47. The highest BCUT2D eigenvalue weighted by molar-refractivity contribution is 5.91. The number of carbonyl (C=O) groups excluding carboxylic acids is 1. The maximum Gasteiger partial charge on any atom is 0.283 e. The largest absolute Gasteiger partial charge is 0.485 e. The third kappa shape index (κ3) is 3.26. The first kappa shape index (κ1) is 13.0. The van der Waals surface area contributed by atoms with E-state index in [2.05, 4.69) is 9.97 Å². The Bertz CT molecular complexity index is 586. The van der Waals surface area contributed by atoms with Gasteiger partial charge in [0.2, 0.25) is 0 Å². The third-order valence-corrected chi connectivity index (χ3v) is 2.50. The molecule has 0 atom stereocenters. The minimum absolute atomic E-state index is 0.256. The van der Waals surface area contributed by atoms with Gasteiger partial charge in [0, 0.05) is 6.20 Å². The molecule has 0 aliphatic carbocycles. The van der Waals surface area contributed by atoms with Crippen molar-refractivity contribution >= 4 is 5.91 Å². The van der Waals surface area contributed by atoms with Crippen molar-refractivity contribution in [3.63, 3.8) is 0 Å². The van der Waals surface area contributed by atoms with Crippen LogP contribution in [0.15, 0.2) is 36.5 Å². The van der Waals surface area contributed by atoms with Gasteiger partial charge in [-0.15, -0.1) is 0 Å². The topological polar surface area (TPSA) is 90.1 Å². The molecule has 0 fully saturated rings. The van der Waals surface area contributed by atoms with Crippen LogP contribution in [-0.2, 0) is 6.61 Å². The van der Waals surface area contributed by atoms with Gasteiger partial charge in [-0.05, 0) is 31.2 Å². The molecule has 0 saturated carbocycles. The predicted octanol–water partition coefficient (Wildman–Crippen LogP) is 0.968. The second kappa shape index (κ2) is 5.92. The number of aryl methyl sites for hydroxylation is 1. The number of nitrogen functional groups attached to an aromatic ring is 1. The third-order valence-electron chi connectivity index (χ3n) is 2.50. The fraction of sp³-hybridized carbons (Fsp3) is 0.154. The lowest BCUT2D eigenvalue weighted by molar-refractivity contribution is 0.0948. The standard InChI is InChI=1S/C13H14N4O2/c1-9-12(6-3-7-15-9)19-8-10-4-2-5-11(16-10)13(18)17-14/h2-7H,8,14H2,1H3,(H,17,18). The molecule has 6 nitrogen and oxygen atoms in total. The summed E-state index contributed by atoms with van der Waals surface area (Å²) in [6.07, 6.45) is 1.70. The zero-order chi connectivity index (χ0) is 13.7. The Kier molecular flexibility index (Phi) is 4.04. The van der Waals surface area contributed by atoms with Crippen molar-refractivity contribution in [3.05, 3.63) is 53.6 Å². The van der Waals surface area contributed by atoms with E-state index in [-0.39, 0.29) is 12.3 Å². The molecule has 0 aliphatic rings. The number of nitrogens with two attached hydrogens (primary N) is 1. The molecule has 2 rings (SSSR count). The Labute approximate surface area is 110 Å². The molecule has 19 heavy (non-hydrogen) atoms. The van der Waals surface area contributed by atoms with Gasteiger partial charge in [-0.1, -0.05) is 6.07 Å². The van der Waals surface area contributed by atoms with Crippen LogP contribution in [0, 0.1) is 6.92 Å². The number of nitrogens with one attached hydrogen (secondary N) is 1. The highest BCUT2D eigenvalue weighted by atomic mass is 16.5. The Balaban J connectivity index is 2.08. The molecule has 2 heterocycles. The zero-order valence-electron chi connectivity index (χ0n) is 10.5. The smallest absolute Gasteiger partial charge is 0.283 e. The van der Waals surface area contributed by atoms with Crippen LogP contribution in [0.1, 0.15) is 21.9 Å². The van der Waals surface area contributed by atoms with Crippen molar-refractivity contribution in [1.29, 1.82) is 0 Å². The van der Waals surface area contributed by atoms with Crippen molar-refractivity contribution < 1.29 is 9.53 Å². The van der Waals surface area contributed by atoms with E-state index in [0.717, 1.165) is 5.69 Å². The number of ether oxygens (including phenoxy) is 1. The quantitative estimate of drug-likeness (QED) is 0.484. The van der Waals surface area contributed by atoms with Gasteiger partial charge in [-0.2, -0.15) is 0 Å². The number of hydrogen-bond acceptors (Lipinski definition) is 5. The monoisotopic (exact) mass is 258 g/mol. The summed E-state index contributed by atoms with van der Waals surface area (Å²) < 4.78 is 5.60. The van der Waals surface area contributed by atoms with Gasteiger partial charge in [0.15, 0.2) is 0 Å². The summed E-state index contributed by atoms with van der Waals surface area (Å²) in [6, 6.07) is 8.72. The van der Waals surface area contributed by atoms with Crippen LogP contribution in [0.3, 0.4) is 0 Å². The SMILES string of the molecule is Cc1ncccc1OCc1cccc(C(=O)NN)n1. The first-order valence-corrected chi connectivity index (χ1v) is 5.72. The lowest BCUT2D eigenvalue weighted by atomic mass is 10.3. The maximum atomic E-state index is 11.3. The van der Waals surface area contributed by atoms with E-state index in [1.807, 2.05) is 18.4 Å². The minimum Gasteiger partial charge on any atom is -0.485 e. The van der Waals surface area contributed by atoms with Crippen molar-refractivity contribution in [3.8, 4) is 5.75 Å². The molecule has 3 N–H and O–H groups in total. The molecule has 6 heteroatoms. The van der Waals surface area contributed by atoms with E-state index in [4.69, 9.17) is 10.6 Å². The van der Waals surface area contributed by atoms with Crippen molar-refractivity contribution in [1.82, 2.24) is 15.4 Å². The van der Waals surface area contributed by atoms with Crippen molar-refractivity contribution in [2.24, 2.45) is 5.84 Å². The molecule has 0 bridgehead atoms. The number of nitrogens with zero attached hydrogens (tertiary/aromatic N) is 2. The van der Waals surface area contributed by atoms with Gasteiger partial charge >= 0.3 is 0 Å². The summed E-state index contributed by atoms with van der Waals surface area (Å²) in [5, 5.41) is 0. The zero-order valence-corrected chi connectivity index (χ0v) is 10.5. The van der Waals surface area contributed by atoms with E-state index in [1.165, 1.54) is 0 Å². The summed E-state index contributed by atoms with van der Waals surface area (Å²) >= 11 is 0. The Morgan fingerprint density at radius 2 is 2.21 bits per heavy atom. The van der Waals surface area contributed by atoms with Gasteiger partial charge in [-0.25, -0.2) is 10.8 Å². The number of aromatic nitrogens is 2. The van der Waals surface area contributed by atoms with Gasteiger partial charge in [0.25, 0.3) is 5.91 Å². The molecule has 0 saturated heterocycles. The van der Waals surface area contributed by atoms with Crippen LogP contribution in [0.25, 0.3) is 0 Å². The van der Waals surface area contributed by atoms with Crippen LogP contribution in [0.4, 0.5) is 0 Å². The van der Waals surface area contributed by atoms with E-state index in [9.17, 15) is 4.79 Å².